The summed E-state index contributed by atoms with van der Waals surface area (Å²) in [5.41, 5.74) is 4.34. The Balaban J connectivity index is -0.000000192. The van der Waals surface area contributed by atoms with E-state index in [0.29, 0.717) is 13.2 Å². The average molecular weight is 488 g/mol. The molecule has 0 aliphatic heterocycles. The van der Waals surface area contributed by atoms with Gasteiger partial charge in [-0.15, -0.1) is 0 Å². The van der Waals surface area contributed by atoms with Crippen LogP contribution in [-0.2, 0) is 18.9 Å². The second kappa shape index (κ2) is 20.3. The molecule has 0 spiro atoms. The minimum absolute atomic E-state index is 0. The Bertz CT molecular complexity index is 467. The monoisotopic (exact) mass is 487 g/mol. The Morgan fingerprint density at radius 2 is 1.16 bits per heavy atom. The quantitative estimate of drug-likeness (QED) is 0.429. The summed E-state index contributed by atoms with van der Waals surface area (Å²) in [7, 11) is 3.23. The molecule has 32 heavy (non-hydrogen) atoms. The lowest BCUT2D eigenvalue weighted by atomic mass is 10.2. The molecular weight excluding hydrogens is 438 g/mol. The van der Waals surface area contributed by atoms with Crippen LogP contribution in [0.2, 0.25) is 0 Å². The van der Waals surface area contributed by atoms with E-state index in [1.165, 1.54) is 0 Å². The highest BCUT2D eigenvalue weighted by atomic mass is 32.1. The van der Waals surface area contributed by atoms with Gasteiger partial charge in [-0.2, -0.15) is 13.5 Å². The van der Waals surface area contributed by atoms with Crippen LogP contribution in [0.3, 0.4) is 0 Å². The first-order chi connectivity index (χ1) is 14.0. The predicted molar refractivity (Wildman–Crippen MR) is 133 cm³/mol. The van der Waals surface area contributed by atoms with Crippen LogP contribution in [0.5, 0.6) is 0 Å². The van der Waals surface area contributed by atoms with E-state index in [9.17, 15) is 9.59 Å². The third-order valence-corrected chi connectivity index (χ3v) is 2.65. The molecule has 5 N–H and O–H groups in total. The van der Waals surface area contributed by atoms with E-state index < -0.39 is 23.4 Å². The molecule has 0 radical (unpaired) electrons. The number of hydrogen-bond acceptors (Lipinski definition) is 8. The van der Waals surface area contributed by atoms with Gasteiger partial charge in [0.15, 0.2) is 0 Å². The number of rotatable bonds is 7. The number of alkyl carbamates (subject to hydrolysis) is 2. The normalized spacial score (nSPS) is 13.4. The lowest BCUT2D eigenvalue weighted by molar-refractivity contribution is 0.0471. The SMILES string of the molecule is COC[C@@H](C)N.COC[C@@H](C)NC(=O)OC(C)(C)C.C[C@H](CO)NC(=O)OC(C)(C)C.S. The molecule has 0 aromatic heterocycles. The van der Waals surface area contributed by atoms with Crippen molar-refractivity contribution >= 4 is 25.7 Å². The summed E-state index contributed by atoms with van der Waals surface area (Å²) in [4.78, 5) is 22.1. The van der Waals surface area contributed by atoms with E-state index in [2.05, 4.69) is 15.4 Å². The Kier molecular flexibility index (Phi) is 24.2. The Labute approximate surface area is 201 Å². The summed E-state index contributed by atoms with van der Waals surface area (Å²) < 4.78 is 19.5. The topological polar surface area (TPSA) is 141 Å². The number of methoxy groups -OCH3 is 2. The van der Waals surface area contributed by atoms with Crippen molar-refractivity contribution in [3.05, 3.63) is 0 Å². The van der Waals surface area contributed by atoms with E-state index in [-0.39, 0.29) is 38.2 Å². The second-order valence-corrected chi connectivity index (χ2v) is 9.17. The Hall–Kier alpha value is -1.27. The van der Waals surface area contributed by atoms with Crippen molar-refractivity contribution in [3.8, 4) is 0 Å². The van der Waals surface area contributed by atoms with Gasteiger partial charge in [-0.05, 0) is 62.3 Å². The molecular formula is C21H49N3O7S. The van der Waals surface area contributed by atoms with Crippen LogP contribution < -0.4 is 16.4 Å². The van der Waals surface area contributed by atoms with Gasteiger partial charge in [-0.25, -0.2) is 9.59 Å². The fraction of sp³-hybridized carbons (Fsp3) is 0.905. The largest absolute Gasteiger partial charge is 0.444 e. The van der Waals surface area contributed by atoms with Gasteiger partial charge >= 0.3 is 12.2 Å². The van der Waals surface area contributed by atoms with Gasteiger partial charge in [0.25, 0.3) is 0 Å². The van der Waals surface area contributed by atoms with Gasteiger partial charge < -0.3 is 40.4 Å². The number of aliphatic hydroxyl groups excluding tert-OH is 1. The van der Waals surface area contributed by atoms with Crippen LogP contribution in [0.1, 0.15) is 62.3 Å². The standard InChI is InChI=1S/C9H19NO3.C8H17NO3.C4H11NO.H2S/c1-7(6-12-5)10-8(11)13-9(2,3)4;1-6(5-10)9-7(11)12-8(2,3)4;1-4(5)3-6-2;/h7H,6H2,1-5H3,(H,10,11);6,10H,5H2,1-4H3,(H,9,11);4H,3,5H2,1-2H3;1H2/t7-;6-;4-;/m111./s1. The van der Waals surface area contributed by atoms with E-state index in [1.807, 2.05) is 34.6 Å². The van der Waals surface area contributed by atoms with Gasteiger partial charge in [0.2, 0.25) is 0 Å². The van der Waals surface area contributed by atoms with Crippen LogP contribution in [0.4, 0.5) is 9.59 Å². The molecule has 0 fully saturated rings. The maximum atomic E-state index is 11.2. The number of nitrogens with two attached hydrogens (primary N) is 1. The zero-order chi connectivity index (χ0) is 25.3. The number of nitrogens with one attached hydrogen (secondary N) is 2. The van der Waals surface area contributed by atoms with E-state index >= 15 is 0 Å². The first-order valence-corrected chi connectivity index (χ1v) is 10.3. The molecule has 196 valence electrons. The molecule has 0 aromatic carbocycles. The Morgan fingerprint density at radius 1 is 0.812 bits per heavy atom. The molecule has 0 saturated heterocycles. The fourth-order valence-corrected chi connectivity index (χ4v) is 1.62. The highest BCUT2D eigenvalue weighted by Crippen LogP contribution is 2.07. The van der Waals surface area contributed by atoms with Crippen molar-refractivity contribution in [2.75, 3.05) is 34.0 Å². The van der Waals surface area contributed by atoms with E-state index in [0.717, 1.165) is 0 Å². The molecule has 10 nitrogen and oxygen atoms in total. The molecule has 0 saturated carbocycles. The molecule has 0 unspecified atom stereocenters. The highest BCUT2D eigenvalue weighted by Gasteiger charge is 2.18. The Morgan fingerprint density at radius 3 is 1.38 bits per heavy atom. The summed E-state index contributed by atoms with van der Waals surface area (Å²) in [6.45, 7) is 17.4. The van der Waals surface area contributed by atoms with Crippen molar-refractivity contribution < 1.29 is 33.6 Å². The van der Waals surface area contributed by atoms with Gasteiger partial charge in [-0.3, -0.25) is 0 Å². The first kappa shape index (κ1) is 38.0. The zero-order valence-electron chi connectivity index (χ0n) is 21.8. The number of carbonyl (C=O) groups excluding carboxylic acids is 2. The van der Waals surface area contributed by atoms with Crippen LogP contribution in [0, 0.1) is 0 Å². The van der Waals surface area contributed by atoms with Crippen molar-refractivity contribution in [1.82, 2.24) is 10.6 Å². The smallest absolute Gasteiger partial charge is 0.407 e. The van der Waals surface area contributed by atoms with Crippen molar-refractivity contribution in [3.63, 3.8) is 0 Å². The first-order valence-electron chi connectivity index (χ1n) is 10.3. The van der Waals surface area contributed by atoms with E-state index in [1.54, 1.807) is 41.9 Å². The number of carbonyl (C=O) groups is 2. The molecule has 0 heterocycles. The van der Waals surface area contributed by atoms with Crippen molar-refractivity contribution in [2.24, 2.45) is 5.73 Å². The molecule has 3 atom stereocenters. The molecule has 0 aliphatic carbocycles. The van der Waals surface area contributed by atoms with Crippen LogP contribution in [0.15, 0.2) is 0 Å². The molecule has 0 aromatic rings. The average Bonchev–Trinajstić information content (AvgIpc) is 2.52. The van der Waals surface area contributed by atoms with Crippen LogP contribution >= 0.6 is 13.5 Å². The maximum absolute atomic E-state index is 11.2. The number of hydrogen-bond donors (Lipinski definition) is 4. The van der Waals surface area contributed by atoms with E-state index in [4.69, 9.17) is 25.1 Å². The summed E-state index contributed by atoms with van der Waals surface area (Å²) >= 11 is 0. The molecule has 0 aliphatic rings. The number of aliphatic hydroxyl groups is 1. The fourth-order valence-electron chi connectivity index (χ4n) is 1.62. The summed E-state index contributed by atoms with van der Waals surface area (Å²) in [6, 6.07) is -0.116. The van der Waals surface area contributed by atoms with Gasteiger partial charge in [0, 0.05) is 20.3 Å². The minimum atomic E-state index is -0.496. The lowest BCUT2D eigenvalue weighted by Gasteiger charge is -2.21. The van der Waals surface area contributed by atoms with Gasteiger partial charge in [0.1, 0.15) is 11.2 Å². The third kappa shape index (κ3) is 36.1. The van der Waals surface area contributed by atoms with Crippen LogP contribution in [0.25, 0.3) is 0 Å². The second-order valence-electron chi connectivity index (χ2n) is 9.17. The zero-order valence-corrected chi connectivity index (χ0v) is 22.8. The summed E-state index contributed by atoms with van der Waals surface area (Å²) in [6.07, 6.45) is -0.902. The lowest BCUT2D eigenvalue weighted by Crippen LogP contribution is -2.39. The maximum Gasteiger partial charge on any atom is 0.407 e. The van der Waals surface area contributed by atoms with Crippen LogP contribution in [-0.4, -0.2) is 80.7 Å². The summed E-state index contributed by atoms with van der Waals surface area (Å²) in [5, 5.41) is 13.7. The van der Waals surface area contributed by atoms with Crippen molar-refractivity contribution in [2.45, 2.75) is 91.6 Å². The minimum Gasteiger partial charge on any atom is -0.444 e. The third-order valence-electron chi connectivity index (χ3n) is 2.65. The molecule has 11 heteroatoms. The highest BCUT2D eigenvalue weighted by molar-refractivity contribution is 7.59. The molecule has 2 amide bonds. The van der Waals surface area contributed by atoms with Gasteiger partial charge in [0.05, 0.1) is 31.9 Å². The number of ether oxygens (including phenoxy) is 4. The molecule has 0 rings (SSSR count). The molecule has 0 bridgehead atoms. The predicted octanol–water partition coefficient (Wildman–Crippen LogP) is 2.53. The summed E-state index contributed by atoms with van der Waals surface area (Å²) in [5.74, 6) is 0. The van der Waals surface area contributed by atoms with Crippen molar-refractivity contribution in [1.29, 1.82) is 0 Å². The van der Waals surface area contributed by atoms with Gasteiger partial charge in [-0.1, -0.05) is 0 Å². The number of amides is 2.